The quantitative estimate of drug-likeness (QED) is 0.367. The topological polar surface area (TPSA) is 41.6 Å². The van der Waals surface area contributed by atoms with E-state index in [0.29, 0.717) is 0 Å². The minimum absolute atomic E-state index is 0.285. The highest BCUT2D eigenvalue weighted by Gasteiger charge is 1.95. The molecule has 2 N–H and O–H groups in total. The summed E-state index contributed by atoms with van der Waals surface area (Å²) in [6.07, 6.45) is 3.97. The van der Waals surface area contributed by atoms with Gasteiger partial charge in [0.1, 0.15) is 0 Å². The van der Waals surface area contributed by atoms with Crippen molar-refractivity contribution in [1.82, 2.24) is 5.12 Å². The van der Waals surface area contributed by atoms with Crippen molar-refractivity contribution in [2.24, 2.45) is 10.9 Å². The predicted molar refractivity (Wildman–Crippen MR) is 44.6 cm³/mol. The van der Waals surface area contributed by atoms with Crippen LogP contribution in [0.1, 0.15) is 33.6 Å². The second-order valence-corrected chi connectivity index (χ2v) is 2.56. The molecule has 0 aliphatic rings. The molecule has 3 heteroatoms. The fourth-order valence-electron chi connectivity index (χ4n) is 0.414. The van der Waals surface area contributed by atoms with E-state index in [4.69, 9.17) is 5.84 Å². The fraction of sp³-hybridized carbons (Fsp3) is 0.857. The van der Waals surface area contributed by atoms with Gasteiger partial charge in [-0.25, -0.2) is 11.0 Å². The van der Waals surface area contributed by atoms with Crippen LogP contribution in [-0.2, 0) is 0 Å². The molecule has 0 saturated carbocycles. The number of nitrogens with zero attached hydrogens (tertiary/aromatic N) is 2. The van der Waals surface area contributed by atoms with Crippen molar-refractivity contribution in [1.29, 1.82) is 0 Å². The van der Waals surface area contributed by atoms with E-state index in [2.05, 4.69) is 12.0 Å². The lowest BCUT2D eigenvalue weighted by Crippen LogP contribution is -2.32. The molecule has 0 aliphatic heterocycles. The highest BCUT2D eigenvalue weighted by atomic mass is 15.6. The molecule has 0 aromatic rings. The van der Waals surface area contributed by atoms with E-state index in [-0.39, 0.29) is 6.04 Å². The van der Waals surface area contributed by atoms with Gasteiger partial charge in [-0.2, -0.15) is 5.10 Å². The Hall–Kier alpha value is -0.570. The number of hydrazine groups is 1. The van der Waals surface area contributed by atoms with Crippen LogP contribution in [0.25, 0.3) is 0 Å². The molecular weight excluding hydrogens is 126 g/mol. The van der Waals surface area contributed by atoms with Crippen molar-refractivity contribution in [3.63, 3.8) is 0 Å². The zero-order chi connectivity index (χ0) is 7.98. The number of unbranched alkanes of at least 4 members (excludes halogenated alkanes) is 1. The van der Waals surface area contributed by atoms with E-state index in [1.54, 1.807) is 0 Å². The molecule has 3 nitrogen and oxygen atoms in total. The summed E-state index contributed by atoms with van der Waals surface area (Å²) in [5.41, 5.74) is 0. The van der Waals surface area contributed by atoms with Gasteiger partial charge in [-0.05, 0) is 20.3 Å². The van der Waals surface area contributed by atoms with Gasteiger partial charge in [0.25, 0.3) is 0 Å². The van der Waals surface area contributed by atoms with Gasteiger partial charge in [0.05, 0.1) is 6.04 Å². The number of hydrogen-bond acceptors (Lipinski definition) is 3. The summed E-state index contributed by atoms with van der Waals surface area (Å²) in [5, 5.41) is 5.47. The zero-order valence-electron chi connectivity index (χ0n) is 7.04. The Labute approximate surface area is 62.9 Å². The van der Waals surface area contributed by atoms with E-state index in [9.17, 15) is 0 Å². The summed E-state index contributed by atoms with van der Waals surface area (Å²) >= 11 is 0. The molecular formula is C7H17N3. The monoisotopic (exact) mass is 143 g/mol. The molecule has 0 bridgehead atoms. The highest BCUT2D eigenvalue weighted by molar-refractivity contribution is 5.56. The van der Waals surface area contributed by atoms with Crippen LogP contribution in [-0.4, -0.2) is 17.4 Å². The molecule has 0 unspecified atom stereocenters. The van der Waals surface area contributed by atoms with Gasteiger partial charge in [-0.1, -0.05) is 13.3 Å². The molecule has 0 amide bonds. The number of hydrazone groups is 1. The van der Waals surface area contributed by atoms with Crippen LogP contribution in [0, 0.1) is 0 Å². The maximum absolute atomic E-state index is 5.49. The van der Waals surface area contributed by atoms with Crippen LogP contribution in [0.5, 0.6) is 0 Å². The SMILES string of the molecule is CCC/C=N\N(N)C(C)C. The van der Waals surface area contributed by atoms with Crippen LogP contribution >= 0.6 is 0 Å². The molecule has 0 aromatic heterocycles. The first-order valence-electron chi connectivity index (χ1n) is 3.74. The Bertz CT molecular complexity index is 99.0. The first-order valence-corrected chi connectivity index (χ1v) is 3.74. The van der Waals surface area contributed by atoms with Crippen molar-refractivity contribution in [2.45, 2.75) is 39.7 Å². The first-order chi connectivity index (χ1) is 4.68. The van der Waals surface area contributed by atoms with Crippen molar-refractivity contribution >= 4 is 6.21 Å². The molecule has 10 heavy (non-hydrogen) atoms. The zero-order valence-corrected chi connectivity index (χ0v) is 7.04. The average molecular weight is 143 g/mol. The first kappa shape index (κ1) is 9.43. The third-order valence-electron chi connectivity index (χ3n) is 1.16. The molecule has 0 rings (SSSR count). The van der Waals surface area contributed by atoms with Gasteiger partial charge in [-0.15, -0.1) is 0 Å². The van der Waals surface area contributed by atoms with E-state index in [1.807, 2.05) is 20.1 Å². The highest BCUT2D eigenvalue weighted by Crippen LogP contribution is 1.90. The lowest BCUT2D eigenvalue weighted by Gasteiger charge is -2.15. The molecule has 0 heterocycles. The Morgan fingerprint density at radius 3 is 2.60 bits per heavy atom. The van der Waals surface area contributed by atoms with E-state index in [1.165, 1.54) is 5.12 Å². The number of hydrogen-bond donors (Lipinski definition) is 1. The third kappa shape index (κ3) is 4.32. The maximum Gasteiger partial charge on any atom is 0.0583 e. The van der Waals surface area contributed by atoms with Gasteiger partial charge in [0, 0.05) is 6.21 Å². The summed E-state index contributed by atoms with van der Waals surface area (Å²) in [6, 6.07) is 0.285. The number of nitrogens with two attached hydrogens (primary N) is 1. The Balaban J connectivity index is 3.45. The van der Waals surface area contributed by atoms with Gasteiger partial charge in [-0.3, -0.25) is 0 Å². The molecule has 0 saturated heterocycles. The predicted octanol–water partition coefficient (Wildman–Crippen LogP) is 1.36. The molecule has 0 spiro atoms. The largest absolute Gasteiger partial charge is 0.231 e. The van der Waals surface area contributed by atoms with Crippen LogP contribution < -0.4 is 5.84 Å². The van der Waals surface area contributed by atoms with Crippen LogP contribution in [0.15, 0.2) is 5.10 Å². The Morgan fingerprint density at radius 1 is 1.60 bits per heavy atom. The second-order valence-electron chi connectivity index (χ2n) is 2.56. The summed E-state index contributed by atoms with van der Waals surface area (Å²) < 4.78 is 0. The summed E-state index contributed by atoms with van der Waals surface area (Å²) in [4.78, 5) is 0. The fourth-order valence-corrected chi connectivity index (χ4v) is 0.414. The van der Waals surface area contributed by atoms with E-state index in [0.717, 1.165) is 12.8 Å². The average Bonchev–Trinajstić information content (AvgIpc) is 1.88. The number of rotatable bonds is 4. The molecule has 0 aliphatic carbocycles. The van der Waals surface area contributed by atoms with Crippen LogP contribution in [0.4, 0.5) is 0 Å². The molecule has 0 atom stereocenters. The third-order valence-corrected chi connectivity index (χ3v) is 1.16. The minimum Gasteiger partial charge on any atom is -0.231 e. The maximum atomic E-state index is 5.49. The van der Waals surface area contributed by atoms with Crippen molar-refractivity contribution in [2.75, 3.05) is 0 Å². The summed E-state index contributed by atoms with van der Waals surface area (Å²) in [5.74, 6) is 5.49. The van der Waals surface area contributed by atoms with Gasteiger partial charge in [0.15, 0.2) is 0 Å². The standard InChI is InChI=1S/C7H17N3/c1-4-5-6-9-10(8)7(2)3/h6-7H,4-5,8H2,1-3H3/b9-6-. The molecule has 0 fully saturated rings. The van der Waals surface area contributed by atoms with E-state index >= 15 is 0 Å². The van der Waals surface area contributed by atoms with Crippen LogP contribution in [0.3, 0.4) is 0 Å². The van der Waals surface area contributed by atoms with Gasteiger partial charge < -0.3 is 0 Å². The normalized spacial score (nSPS) is 11.3. The van der Waals surface area contributed by atoms with Crippen molar-refractivity contribution in [3.05, 3.63) is 0 Å². The molecule has 60 valence electrons. The summed E-state index contributed by atoms with van der Waals surface area (Å²) in [7, 11) is 0. The Morgan fingerprint density at radius 2 is 2.20 bits per heavy atom. The van der Waals surface area contributed by atoms with Crippen LogP contribution in [0.2, 0.25) is 0 Å². The molecule has 0 aromatic carbocycles. The second kappa shape index (κ2) is 5.23. The van der Waals surface area contributed by atoms with E-state index < -0.39 is 0 Å². The van der Waals surface area contributed by atoms with Crippen molar-refractivity contribution < 1.29 is 0 Å². The smallest absolute Gasteiger partial charge is 0.0583 e. The Kier molecular flexibility index (Phi) is 4.94. The molecule has 0 radical (unpaired) electrons. The lowest BCUT2D eigenvalue weighted by atomic mass is 10.4. The van der Waals surface area contributed by atoms with Gasteiger partial charge >= 0.3 is 0 Å². The van der Waals surface area contributed by atoms with Gasteiger partial charge in [0.2, 0.25) is 0 Å². The summed E-state index contributed by atoms with van der Waals surface area (Å²) in [6.45, 7) is 6.12. The minimum atomic E-state index is 0.285. The lowest BCUT2D eigenvalue weighted by molar-refractivity contribution is 0.240. The van der Waals surface area contributed by atoms with Crippen molar-refractivity contribution in [3.8, 4) is 0 Å².